The van der Waals surface area contributed by atoms with E-state index in [1.165, 1.54) is 0 Å². The van der Waals surface area contributed by atoms with Crippen LogP contribution in [0.4, 0.5) is 0 Å². The van der Waals surface area contributed by atoms with Crippen molar-refractivity contribution in [3.8, 4) is 5.75 Å². The zero-order valence-electron chi connectivity index (χ0n) is 11.3. The maximum atomic E-state index is 6.25. The lowest BCUT2D eigenvalue weighted by Gasteiger charge is -2.17. The van der Waals surface area contributed by atoms with Crippen molar-refractivity contribution < 1.29 is 4.74 Å². The Kier molecular flexibility index (Phi) is 4.86. The molecule has 0 amide bonds. The van der Waals surface area contributed by atoms with Gasteiger partial charge in [0.05, 0.1) is 18.3 Å². The molecule has 1 aromatic heterocycles. The van der Waals surface area contributed by atoms with E-state index in [9.17, 15) is 0 Å². The number of halogens is 2. The van der Waals surface area contributed by atoms with Crippen LogP contribution in [0.2, 0.25) is 10.0 Å². The molecule has 0 bridgehead atoms. The summed E-state index contributed by atoms with van der Waals surface area (Å²) in [5.74, 6) is 0.677. The van der Waals surface area contributed by atoms with Gasteiger partial charge < -0.3 is 10.5 Å². The second-order valence-electron chi connectivity index (χ2n) is 4.73. The van der Waals surface area contributed by atoms with E-state index in [1.54, 1.807) is 30.6 Å². The molecule has 0 saturated carbocycles. The van der Waals surface area contributed by atoms with E-state index in [2.05, 4.69) is 4.98 Å². The largest absolute Gasteiger partial charge is 0.489 e. The highest BCUT2D eigenvalue weighted by Crippen LogP contribution is 2.33. The van der Waals surface area contributed by atoms with Gasteiger partial charge in [-0.05, 0) is 37.6 Å². The van der Waals surface area contributed by atoms with Crippen LogP contribution in [0.5, 0.6) is 5.75 Å². The molecule has 5 heteroatoms. The molecule has 20 heavy (non-hydrogen) atoms. The summed E-state index contributed by atoms with van der Waals surface area (Å²) in [5.41, 5.74) is 7.75. The lowest BCUT2D eigenvalue weighted by atomic mass is 10.0. The Balaban J connectivity index is 2.36. The molecule has 0 saturated heterocycles. The molecule has 0 radical (unpaired) electrons. The summed E-state index contributed by atoms with van der Waals surface area (Å²) < 4.78 is 5.62. The van der Waals surface area contributed by atoms with Crippen molar-refractivity contribution >= 4 is 23.2 Å². The molecule has 0 aliphatic heterocycles. The Morgan fingerprint density at radius 3 is 2.40 bits per heavy atom. The topological polar surface area (TPSA) is 48.1 Å². The number of hydrogen-bond donors (Lipinski definition) is 1. The highest BCUT2D eigenvalue weighted by molar-refractivity contribution is 6.36. The Morgan fingerprint density at radius 1 is 1.15 bits per heavy atom. The van der Waals surface area contributed by atoms with E-state index in [0.29, 0.717) is 21.4 Å². The SMILES string of the molecule is CC(C)Oc1cncc(C(N)c2c(Cl)cccc2Cl)c1. The van der Waals surface area contributed by atoms with Crippen molar-refractivity contribution in [2.24, 2.45) is 5.73 Å². The highest BCUT2D eigenvalue weighted by Gasteiger charge is 2.17. The second kappa shape index (κ2) is 6.44. The average Bonchev–Trinajstić information content (AvgIpc) is 2.38. The first-order chi connectivity index (χ1) is 9.49. The first-order valence-electron chi connectivity index (χ1n) is 6.30. The van der Waals surface area contributed by atoms with Crippen molar-refractivity contribution in [3.05, 3.63) is 57.8 Å². The predicted molar refractivity (Wildman–Crippen MR) is 82.5 cm³/mol. The molecular formula is C15H16Cl2N2O. The van der Waals surface area contributed by atoms with Crippen LogP contribution in [0.1, 0.15) is 31.0 Å². The third kappa shape index (κ3) is 3.42. The van der Waals surface area contributed by atoms with E-state index >= 15 is 0 Å². The lowest BCUT2D eigenvalue weighted by molar-refractivity contribution is 0.241. The van der Waals surface area contributed by atoms with Crippen LogP contribution in [-0.2, 0) is 0 Å². The van der Waals surface area contributed by atoms with Gasteiger partial charge in [-0.1, -0.05) is 29.3 Å². The van der Waals surface area contributed by atoms with Gasteiger partial charge >= 0.3 is 0 Å². The summed E-state index contributed by atoms with van der Waals surface area (Å²) in [5, 5.41) is 1.08. The van der Waals surface area contributed by atoms with Crippen LogP contribution in [0, 0.1) is 0 Å². The number of aromatic nitrogens is 1. The fourth-order valence-electron chi connectivity index (χ4n) is 1.92. The van der Waals surface area contributed by atoms with Gasteiger partial charge in [0.2, 0.25) is 0 Å². The Labute approximate surface area is 128 Å². The normalized spacial score (nSPS) is 12.5. The molecule has 2 rings (SSSR count). The summed E-state index contributed by atoms with van der Waals surface area (Å²) in [6.45, 7) is 3.91. The van der Waals surface area contributed by atoms with E-state index in [0.717, 1.165) is 5.56 Å². The van der Waals surface area contributed by atoms with Crippen LogP contribution < -0.4 is 10.5 Å². The van der Waals surface area contributed by atoms with E-state index in [-0.39, 0.29) is 6.10 Å². The Bertz CT molecular complexity index is 582. The number of benzene rings is 1. The number of hydrogen-bond acceptors (Lipinski definition) is 3. The quantitative estimate of drug-likeness (QED) is 0.919. The molecule has 1 heterocycles. The maximum absolute atomic E-state index is 6.25. The van der Waals surface area contributed by atoms with Gasteiger partial charge in [-0.3, -0.25) is 4.98 Å². The minimum Gasteiger partial charge on any atom is -0.489 e. The lowest BCUT2D eigenvalue weighted by Crippen LogP contribution is -2.14. The third-order valence-electron chi connectivity index (χ3n) is 2.78. The predicted octanol–water partition coefficient (Wildman–Crippen LogP) is 4.22. The fourth-order valence-corrected chi connectivity index (χ4v) is 2.55. The van der Waals surface area contributed by atoms with Gasteiger partial charge in [0.25, 0.3) is 0 Å². The first-order valence-corrected chi connectivity index (χ1v) is 7.05. The second-order valence-corrected chi connectivity index (χ2v) is 5.55. The minimum absolute atomic E-state index is 0.0761. The average molecular weight is 311 g/mol. The van der Waals surface area contributed by atoms with E-state index < -0.39 is 6.04 Å². The molecule has 1 aromatic carbocycles. The zero-order chi connectivity index (χ0) is 14.7. The molecule has 0 aliphatic rings. The summed E-state index contributed by atoms with van der Waals surface area (Å²) >= 11 is 12.4. The van der Waals surface area contributed by atoms with E-state index in [4.69, 9.17) is 33.7 Å². The molecular weight excluding hydrogens is 295 g/mol. The smallest absolute Gasteiger partial charge is 0.138 e. The summed E-state index contributed by atoms with van der Waals surface area (Å²) in [4.78, 5) is 4.15. The van der Waals surface area contributed by atoms with Gasteiger partial charge in [-0.15, -0.1) is 0 Å². The fraction of sp³-hybridized carbons (Fsp3) is 0.267. The monoisotopic (exact) mass is 310 g/mol. The van der Waals surface area contributed by atoms with Crippen molar-refractivity contribution in [1.29, 1.82) is 0 Å². The molecule has 1 unspecified atom stereocenters. The van der Waals surface area contributed by atoms with Crippen LogP contribution in [0.25, 0.3) is 0 Å². The van der Waals surface area contributed by atoms with Crippen molar-refractivity contribution in [1.82, 2.24) is 4.98 Å². The molecule has 0 aliphatic carbocycles. The van der Waals surface area contributed by atoms with Crippen molar-refractivity contribution in [3.63, 3.8) is 0 Å². The van der Waals surface area contributed by atoms with Crippen LogP contribution in [0.15, 0.2) is 36.7 Å². The Hall–Kier alpha value is -1.29. The number of pyridine rings is 1. The molecule has 106 valence electrons. The molecule has 2 aromatic rings. The van der Waals surface area contributed by atoms with Crippen molar-refractivity contribution in [2.45, 2.75) is 26.0 Å². The maximum Gasteiger partial charge on any atom is 0.138 e. The number of nitrogens with zero attached hydrogens (tertiary/aromatic N) is 1. The minimum atomic E-state index is -0.445. The third-order valence-corrected chi connectivity index (χ3v) is 3.44. The standard InChI is InChI=1S/C15H16Cl2N2O/c1-9(2)20-11-6-10(7-19-8-11)15(18)14-12(16)4-3-5-13(14)17/h3-9,15H,18H2,1-2H3. The number of ether oxygens (including phenoxy) is 1. The molecule has 3 nitrogen and oxygen atoms in total. The molecule has 0 fully saturated rings. The zero-order valence-corrected chi connectivity index (χ0v) is 12.8. The summed E-state index contributed by atoms with van der Waals surface area (Å²) in [6, 6.07) is 6.74. The number of nitrogens with two attached hydrogens (primary N) is 1. The summed E-state index contributed by atoms with van der Waals surface area (Å²) in [7, 11) is 0. The van der Waals surface area contributed by atoms with Gasteiger partial charge in [-0.2, -0.15) is 0 Å². The van der Waals surface area contributed by atoms with Crippen molar-refractivity contribution in [2.75, 3.05) is 0 Å². The van der Waals surface area contributed by atoms with Gasteiger partial charge in [0, 0.05) is 21.8 Å². The molecule has 1 atom stereocenters. The van der Waals surface area contributed by atoms with E-state index in [1.807, 2.05) is 19.9 Å². The highest BCUT2D eigenvalue weighted by atomic mass is 35.5. The van der Waals surface area contributed by atoms with Gasteiger partial charge in [0.15, 0.2) is 0 Å². The molecule has 2 N–H and O–H groups in total. The Morgan fingerprint density at radius 2 is 1.80 bits per heavy atom. The van der Waals surface area contributed by atoms with Crippen LogP contribution in [0.3, 0.4) is 0 Å². The van der Waals surface area contributed by atoms with Crippen LogP contribution >= 0.6 is 23.2 Å². The summed E-state index contributed by atoms with van der Waals surface area (Å²) in [6.07, 6.45) is 3.43. The molecule has 0 spiro atoms. The first kappa shape index (κ1) is 15.1. The number of rotatable bonds is 4. The van der Waals surface area contributed by atoms with Gasteiger partial charge in [0.1, 0.15) is 5.75 Å². The van der Waals surface area contributed by atoms with Crippen LogP contribution in [-0.4, -0.2) is 11.1 Å². The van der Waals surface area contributed by atoms with Gasteiger partial charge in [-0.25, -0.2) is 0 Å².